The van der Waals surface area contributed by atoms with Gasteiger partial charge in [-0.1, -0.05) is 12.1 Å². The summed E-state index contributed by atoms with van der Waals surface area (Å²) in [6.45, 7) is 0. The summed E-state index contributed by atoms with van der Waals surface area (Å²) in [4.78, 5) is 0.968. The van der Waals surface area contributed by atoms with Crippen molar-refractivity contribution >= 4 is 59.1 Å². The van der Waals surface area contributed by atoms with Crippen LogP contribution in [-0.4, -0.2) is 0 Å². The van der Waals surface area contributed by atoms with Gasteiger partial charge in [0.25, 0.3) is 0 Å². The van der Waals surface area contributed by atoms with E-state index in [2.05, 4.69) is 47.8 Å². The third-order valence-corrected chi connectivity index (χ3v) is 6.46. The van der Waals surface area contributed by atoms with Crippen molar-refractivity contribution in [2.24, 2.45) is 5.73 Å². The van der Waals surface area contributed by atoms with Gasteiger partial charge in [-0.25, -0.2) is 4.39 Å². The van der Waals surface area contributed by atoms with E-state index >= 15 is 0 Å². The minimum Gasteiger partial charge on any atom is -0.320 e. The molecule has 2 rings (SSSR count). The molecule has 1 heterocycles. The van der Waals surface area contributed by atoms with Gasteiger partial charge in [0, 0.05) is 9.35 Å². The maximum atomic E-state index is 13.4. The van der Waals surface area contributed by atoms with E-state index in [-0.39, 0.29) is 11.9 Å². The third-order valence-electron chi connectivity index (χ3n) is 2.29. The van der Waals surface area contributed by atoms with Gasteiger partial charge in [-0.3, -0.25) is 0 Å². The fraction of sp³-hybridized carbons (Fsp3) is 0.0909. The van der Waals surface area contributed by atoms with Crippen LogP contribution in [0.3, 0.4) is 0 Å². The third kappa shape index (κ3) is 2.81. The normalized spacial score (nSPS) is 12.8. The molecule has 6 heteroatoms. The lowest BCUT2D eigenvalue weighted by molar-refractivity contribution is 0.616. The van der Waals surface area contributed by atoms with E-state index in [0.717, 1.165) is 18.7 Å². The maximum absolute atomic E-state index is 13.4. The lowest BCUT2D eigenvalue weighted by atomic mass is 10.1. The van der Waals surface area contributed by atoms with Gasteiger partial charge in [-0.15, -0.1) is 11.3 Å². The molecule has 0 amide bonds. The lowest BCUT2D eigenvalue weighted by Gasteiger charge is -2.12. The summed E-state index contributed by atoms with van der Waals surface area (Å²) < 4.78 is 15.8. The second kappa shape index (κ2) is 5.48. The molecule has 1 aromatic heterocycles. The van der Waals surface area contributed by atoms with E-state index in [1.165, 1.54) is 17.4 Å². The summed E-state index contributed by atoms with van der Waals surface area (Å²) in [5.74, 6) is -0.298. The topological polar surface area (TPSA) is 26.0 Å². The van der Waals surface area contributed by atoms with Crippen molar-refractivity contribution < 1.29 is 4.39 Å². The average Bonchev–Trinajstić information content (AvgIpc) is 2.62. The van der Waals surface area contributed by atoms with Crippen LogP contribution in [0.2, 0.25) is 0 Å². The highest BCUT2D eigenvalue weighted by Crippen LogP contribution is 2.38. The van der Waals surface area contributed by atoms with Crippen LogP contribution in [0.25, 0.3) is 0 Å². The predicted molar refractivity (Wildman–Crippen MR) is 79.8 cm³/mol. The molecule has 0 radical (unpaired) electrons. The maximum Gasteiger partial charge on any atom is 0.137 e. The first kappa shape index (κ1) is 13.7. The minimum atomic E-state index is -0.340. The molecule has 17 heavy (non-hydrogen) atoms. The zero-order valence-corrected chi connectivity index (χ0v) is 14.0. The molecule has 0 aliphatic rings. The molecule has 1 nitrogen and oxygen atoms in total. The fourth-order valence-corrected chi connectivity index (χ4v) is 4.05. The zero-order chi connectivity index (χ0) is 12.6. The van der Waals surface area contributed by atoms with Crippen molar-refractivity contribution in [3.8, 4) is 0 Å². The molecule has 2 N–H and O–H groups in total. The molecule has 0 saturated carbocycles. The van der Waals surface area contributed by atoms with Gasteiger partial charge >= 0.3 is 0 Å². The Bertz CT molecular complexity index is 536. The molecule has 0 spiro atoms. The van der Waals surface area contributed by atoms with Gasteiger partial charge < -0.3 is 5.73 Å². The first-order valence-electron chi connectivity index (χ1n) is 4.65. The first-order chi connectivity index (χ1) is 8.00. The Morgan fingerprint density at radius 2 is 1.94 bits per heavy atom. The van der Waals surface area contributed by atoms with Crippen molar-refractivity contribution in [1.29, 1.82) is 0 Å². The molecule has 1 aromatic carbocycles. The van der Waals surface area contributed by atoms with Crippen molar-refractivity contribution in [2.45, 2.75) is 6.04 Å². The van der Waals surface area contributed by atoms with Crippen LogP contribution in [0, 0.1) is 5.82 Å². The van der Waals surface area contributed by atoms with Crippen molar-refractivity contribution in [1.82, 2.24) is 0 Å². The molecule has 0 fully saturated rings. The smallest absolute Gasteiger partial charge is 0.137 e. The second-order valence-electron chi connectivity index (χ2n) is 3.39. The Labute approximate surface area is 128 Å². The van der Waals surface area contributed by atoms with Gasteiger partial charge in [0.15, 0.2) is 0 Å². The minimum absolute atomic E-state index is 0.298. The highest BCUT2D eigenvalue weighted by atomic mass is 79.9. The molecule has 90 valence electrons. The number of halogens is 4. The Kier molecular flexibility index (Phi) is 4.41. The SMILES string of the molecule is NC(c1cc(Br)c(Br)s1)c1cccc(F)c1Br. The Balaban J connectivity index is 2.43. The van der Waals surface area contributed by atoms with Crippen LogP contribution in [0.5, 0.6) is 0 Å². The highest BCUT2D eigenvalue weighted by molar-refractivity contribution is 9.13. The first-order valence-corrected chi connectivity index (χ1v) is 7.84. The van der Waals surface area contributed by atoms with Crippen LogP contribution in [0.15, 0.2) is 37.0 Å². The van der Waals surface area contributed by atoms with E-state index in [9.17, 15) is 4.39 Å². The molecule has 1 unspecified atom stereocenters. The molecule has 1 atom stereocenters. The standard InChI is InChI=1S/C11H7Br3FNS/c12-6-4-8(17-11(6)14)10(16)5-2-1-3-7(15)9(5)13/h1-4,10H,16H2. The number of benzene rings is 1. The largest absolute Gasteiger partial charge is 0.320 e. The van der Waals surface area contributed by atoms with Crippen LogP contribution in [-0.2, 0) is 0 Å². The van der Waals surface area contributed by atoms with Crippen LogP contribution in [0.4, 0.5) is 4.39 Å². The van der Waals surface area contributed by atoms with Crippen molar-refractivity contribution in [2.75, 3.05) is 0 Å². The van der Waals surface area contributed by atoms with Gasteiger partial charge in [0.2, 0.25) is 0 Å². The van der Waals surface area contributed by atoms with Crippen molar-refractivity contribution in [3.63, 3.8) is 0 Å². The fourth-order valence-electron chi connectivity index (χ4n) is 1.43. The molecular weight excluding hydrogens is 437 g/mol. The number of nitrogens with two attached hydrogens (primary N) is 1. The molecule has 0 saturated heterocycles. The summed E-state index contributed by atoms with van der Waals surface area (Å²) in [7, 11) is 0. The summed E-state index contributed by atoms with van der Waals surface area (Å²) in [6, 6.07) is 6.48. The Morgan fingerprint density at radius 3 is 2.53 bits per heavy atom. The molecule has 0 aliphatic carbocycles. The lowest BCUT2D eigenvalue weighted by Crippen LogP contribution is -2.11. The van der Waals surface area contributed by atoms with Gasteiger partial charge in [-0.05, 0) is 65.5 Å². The highest BCUT2D eigenvalue weighted by Gasteiger charge is 2.17. The summed E-state index contributed by atoms with van der Waals surface area (Å²) in [6.07, 6.45) is 0. The number of rotatable bonds is 2. The van der Waals surface area contributed by atoms with Crippen LogP contribution >= 0.6 is 59.1 Å². The van der Waals surface area contributed by atoms with E-state index in [1.807, 2.05) is 12.1 Å². The number of hydrogen-bond acceptors (Lipinski definition) is 2. The van der Waals surface area contributed by atoms with Crippen LogP contribution in [0.1, 0.15) is 16.5 Å². The summed E-state index contributed by atoms with van der Waals surface area (Å²) in [5, 5.41) is 0. The van der Waals surface area contributed by atoms with E-state index in [0.29, 0.717) is 4.47 Å². The van der Waals surface area contributed by atoms with Gasteiger partial charge in [0.1, 0.15) is 5.82 Å². The quantitative estimate of drug-likeness (QED) is 0.676. The second-order valence-corrected chi connectivity index (χ2v) is 7.44. The zero-order valence-electron chi connectivity index (χ0n) is 8.38. The number of thiophene rings is 1. The summed E-state index contributed by atoms with van der Waals surface area (Å²) >= 11 is 11.6. The number of hydrogen-bond donors (Lipinski definition) is 1. The Hall–Kier alpha value is 0.250. The van der Waals surface area contributed by atoms with E-state index in [4.69, 9.17) is 5.73 Å². The van der Waals surface area contributed by atoms with Crippen LogP contribution < -0.4 is 5.73 Å². The molecule has 2 aromatic rings. The molecular formula is C11H7Br3FNS. The van der Waals surface area contributed by atoms with Crippen molar-refractivity contribution in [3.05, 3.63) is 53.3 Å². The van der Waals surface area contributed by atoms with E-state index in [1.54, 1.807) is 6.07 Å². The Morgan fingerprint density at radius 1 is 1.24 bits per heavy atom. The predicted octanol–water partition coefficient (Wildman–Crippen LogP) is 5.22. The summed E-state index contributed by atoms with van der Waals surface area (Å²) in [5.41, 5.74) is 6.88. The van der Waals surface area contributed by atoms with Gasteiger partial charge in [-0.2, -0.15) is 0 Å². The average molecular weight is 444 g/mol. The van der Waals surface area contributed by atoms with Gasteiger partial charge in [0.05, 0.1) is 14.3 Å². The molecule has 0 aliphatic heterocycles. The monoisotopic (exact) mass is 441 g/mol. The van der Waals surface area contributed by atoms with E-state index < -0.39 is 0 Å². The molecule has 0 bridgehead atoms.